The van der Waals surface area contributed by atoms with E-state index in [9.17, 15) is 4.79 Å². The number of carbonyl (C=O) groups excluding carboxylic acids is 1. The fraction of sp³-hybridized carbons (Fsp3) is 0.300. The zero-order valence-corrected chi connectivity index (χ0v) is 7.45. The molecule has 2 nitrogen and oxygen atoms in total. The van der Waals surface area contributed by atoms with E-state index in [1.807, 2.05) is 23.0 Å². The van der Waals surface area contributed by atoms with Crippen LogP contribution in [0.4, 0.5) is 0 Å². The van der Waals surface area contributed by atoms with E-state index < -0.39 is 0 Å². The molecule has 0 unspecified atom stereocenters. The van der Waals surface area contributed by atoms with Crippen LogP contribution in [-0.4, -0.2) is 10.9 Å². The second kappa shape index (κ2) is 3.90. The van der Waals surface area contributed by atoms with Gasteiger partial charge in [-0.2, -0.15) is 0 Å². The molecule has 0 saturated carbocycles. The van der Waals surface area contributed by atoms with Crippen molar-refractivity contribution in [2.24, 2.45) is 0 Å². The van der Waals surface area contributed by atoms with Gasteiger partial charge in [0.15, 0.2) is 6.29 Å². The summed E-state index contributed by atoms with van der Waals surface area (Å²) in [6.45, 7) is 4.96. The Morgan fingerprint density at radius 1 is 1.58 bits per heavy atom. The van der Waals surface area contributed by atoms with E-state index in [4.69, 9.17) is 0 Å². The van der Waals surface area contributed by atoms with Crippen LogP contribution in [0.25, 0.3) is 0 Å². The van der Waals surface area contributed by atoms with Gasteiger partial charge in [0.25, 0.3) is 0 Å². The fourth-order valence-electron chi connectivity index (χ4n) is 0.931. The van der Waals surface area contributed by atoms with Crippen LogP contribution in [0.3, 0.4) is 0 Å². The molecule has 64 valence electrons. The van der Waals surface area contributed by atoms with E-state index in [1.165, 1.54) is 5.57 Å². The summed E-state index contributed by atoms with van der Waals surface area (Å²) in [5, 5.41) is 0. The van der Waals surface area contributed by atoms with Crippen molar-refractivity contribution >= 4 is 6.29 Å². The number of hydrogen-bond donors (Lipinski definition) is 0. The zero-order valence-electron chi connectivity index (χ0n) is 7.45. The molecule has 0 amide bonds. The Morgan fingerprint density at radius 2 is 2.33 bits per heavy atom. The van der Waals surface area contributed by atoms with Gasteiger partial charge in [-0.1, -0.05) is 11.6 Å². The van der Waals surface area contributed by atoms with Crippen molar-refractivity contribution in [2.75, 3.05) is 0 Å². The summed E-state index contributed by atoms with van der Waals surface area (Å²) in [4.78, 5) is 10.3. The molecule has 0 bridgehead atoms. The van der Waals surface area contributed by atoms with Crippen LogP contribution in [0.1, 0.15) is 24.2 Å². The van der Waals surface area contributed by atoms with Gasteiger partial charge in [0.05, 0.1) is 0 Å². The van der Waals surface area contributed by atoms with Gasteiger partial charge in [-0.25, -0.2) is 0 Å². The first-order valence-corrected chi connectivity index (χ1v) is 3.96. The third-order valence-electron chi connectivity index (χ3n) is 1.62. The van der Waals surface area contributed by atoms with Crippen LogP contribution in [0, 0.1) is 0 Å². The molecular weight excluding hydrogens is 150 g/mol. The van der Waals surface area contributed by atoms with Crippen molar-refractivity contribution in [3.05, 3.63) is 35.7 Å². The Morgan fingerprint density at radius 3 is 2.83 bits per heavy atom. The summed E-state index contributed by atoms with van der Waals surface area (Å²) in [5.41, 5.74) is 2.02. The first-order chi connectivity index (χ1) is 5.72. The first-order valence-electron chi connectivity index (χ1n) is 3.96. The lowest BCUT2D eigenvalue weighted by atomic mass is 10.3. The number of carbonyl (C=O) groups is 1. The number of nitrogens with zero attached hydrogens (tertiary/aromatic N) is 1. The predicted molar refractivity (Wildman–Crippen MR) is 49.3 cm³/mol. The van der Waals surface area contributed by atoms with Gasteiger partial charge in [-0.15, -0.1) is 0 Å². The van der Waals surface area contributed by atoms with Gasteiger partial charge in [-0.3, -0.25) is 4.79 Å². The molecule has 0 saturated heterocycles. The van der Waals surface area contributed by atoms with E-state index in [2.05, 4.69) is 19.9 Å². The maximum absolute atomic E-state index is 10.3. The molecule has 0 atom stereocenters. The van der Waals surface area contributed by atoms with E-state index in [0.717, 1.165) is 18.4 Å². The Balaban J connectivity index is 2.64. The molecule has 2 heteroatoms. The minimum absolute atomic E-state index is 0.733. The van der Waals surface area contributed by atoms with Gasteiger partial charge in [-0.05, 0) is 19.9 Å². The van der Waals surface area contributed by atoms with Crippen molar-refractivity contribution in [3.8, 4) is 0 Å². The molecule has 1 aromatic heterocycles. The molecule has 1 heterocycles. The second-order valence-electron chi connectivity index (χ2n) is 3.04. The maximum atomic E-state index is 10.3. The Hall–Kier alpha value is -1.31. The Kier molecular flexibility index (Phi) is 2.86. The molecule has 0 aliphatic carbocycles. The summed E-state index contributed by atoms with van der Waals surface area (Å²) in [6.07, 6.45) is 6.73. The molecule has 0 fully saturated rings. The number of aromatic nitrogens is 1. The Bertz CT molecular complexity index is 293. The van der Waals surface area contributed by atoms with Crippen LogP contribution in [0.5, 0.6) is 0 Å². The van der Waals surface area contributed by atoms with E-state index in [-0.39, 0.29) is 0 Å². The molecule has 0 radical (unpaired) electrons. The van der Waals surface area contributed by atoms with Crippen LogP contribution in [0.2, 0.25) is 0 Å². The molecular formula is C10H13NO. The number of hydrogen-bond acceptors (Lipinski definition) is 1. The van der Waals surface area contributed by atoms with E-state index in [1.54, 1.807) is 0 Å². The SMILES string of the molecule is CC(C)=CCn1ccc(C=O)c1. The predicted octanol–water partition coefficient (Wildman–Crippen LogP) is 2.27. The lowest BCUT2D eigenvalue weighted by Gasteiger charge is -1.96. The summed E-state index contributed by atoms with van der Waals surface area (Å²) >= 11 is 0. The highest BCUT2D eigenvalue weighted by Gasteiger charge is 1.91. The van der Waals surface area contributed by atoms with Crippen molar-refractivity contribution in [2.45, 2.75) is 20.4 Å². The normalized spacial score (nSPS) is 9.50. The fourth-order valence-corrected chi connectivity index (χ4v) is 0.931. The van der Waals surface area contributed by atoms with Gasteiger partial charge >= 0.3 is 0 Å². The van der Waals surface area contributed by atoms with Crippen molar-refractivity contribution in [3.63, 3.8) is 0 Å². The number of rotatable bonds is 3. The topological polar surface area (TPSA) is 22.0 Å². The third-order valence-corrected chi connectivity index (χ3v) is 1.62. The quantitative estimate of drug-likeness (QED) is 0.495. The number of allylic oxidation sites excluding steroid dienone is 2. The molecule has 12 heavy (non-hydrogen) atoms. The zero-order chi connectivity index (χ0) is 8.97. The standard InChI is InChI=1S/C10H13NO/c1-9(2)3-5-11-6-4-10(7-11)8-12/h3-4,6-8H,5H2,1-2H3. The maximum Gasteiger partial charge on any atom is 0.151 e. The van der Waals surface area contributed by atoms with Crippen LogP contribution in [0.15, 0.2) is 30.1 Å². The summed E-state index contributed by atoms with van der Waals surface area (Å²) in [7, 11) is 0. The average molecular weight is 163 g/mol. The third kappa shape index (κ3) is 2.38. The van der Waals surface area contributed by atoms with Crippen LogP contribution >= 0.6 is 0 Å². The van der Waals surface area contributed by atoms with Crippen molar-refractivity contribution < 1.29 is 4.79 Å². The number of aldehydes is 1. The minimum atomic E-state index is 0.733. The molecule has 0 spiro atoms. The van der Waals surface area contributed by atoms with Gasteiger partial charge in [0.2, 0.25) is 0 Å². The highest BCUT2D eigenvalue weighted by atomic mass is 16.1. The summed E-state index contributed by atoms with van der Waals surface area (Å²) in [6, 6.07) is 1.81. The van der Waals surface area contributed by atoms with Crippen molar-refractivity contribution in [1.82, 2.24) is 4.57 Å². The first kappa shape index (κ1) is 8.78. The molecule has 1 aromatic rings. The van der Waals surface area contributed by atoms with Crippen LogP contribution < -0.4 is 0 Å². The largest absolute Gasteiger partial charge is 0.350 e. The Labute approximate surface area is 72.5 Å². The summed E-state index contributed by atoms with van der Waals surface area (Å²) in [5.74, 6) is 0. The lowest BCUT2D eigenvalue weighted by Crippen LogP contribution is -1.90. The van der Waals surface area contributed by atoms with E-state index in [0.29, 0.717) is 0 Å². The highest BCUT2D eigenvalue weighted by molar-refractivity contribution is 5.74. The van der Waals surface area contributed by atoms with Gasteiger partial charge in [0, 0.05) is 24.5 Å². The van der Waals surface area contributed by atoms with Gasteiger partial charge < -0.3 is 4.57 Å². The lowest BCUT2D eigenvalue weighted by molar-refractivity contribution is 0.112. The highest BCUT2D eigenvalue weighted by Crippen LogP contribution is 1.99. The van der Waals surface area contributed by atoms with Crippen molar-refractivity contribution in [1.29, 1.82) is 0 Å². The molecule has 1 rings (SSSR count). The molecule has 0 N–H and O–H groups in total. The molecule has 0 aromatic carbocycles. The minimum Gasteiger partial charge on any atom is -0.350 e. The summed E-state index contributed by atoms with van der Waals surface area (Å²) < 4.78 is 1.98. The smallest absolute Gasteiger partial charge is 0.151 e. The average Bonchev–Trinajstić information content (AvgIpc) is 2.48. The second-order valence-corrected chi connectivity index (χ2v) is 3.04. The monoisotopic (exact) mass is 163 g/mol. The van der Waals surface area contributed by atoms with E-state index >= 15 is 0 Å². The van der Waals surface area contributed by atoms with Gasteiger partial charge in [0.1, 0.15) is 0 Å². The molecule has 0 aliphatic heterocycles. The van der Waals surface area contributed by atoms with Crippen LogP contribution in [-0.2, 0) is 6.54 Å². The molecule has 0 aliphatic rings.